The predicted octanol–water partition coefficient (Wildman–Crippen LogP) is 4.33. The molecular weight excluding hydrogens is 234 g/mol. The van der Waals surface area contributed by atoms with Gasteiger partial charge in [-0.05, 0) is 31.6 Å². The predicted molar refractivity (Wildman–Crippen MR) is 79.7 cm³/mol. The van der Waals surface area contributed by atoms with Crippen molar-refractivity contribution in [3.05, 3.63) is 11.8 Å². The van der Waals surface area contributed by atoms with Gasteiger partial charge in [-0.15, -0.1) is 0 Å². The van der Waals surface area contributed by atoms with Crippen LogP contribution in [0.3, 0.4) is 0 Å². The number of nitrogens with one attached hydrogen (secondary N) is 1. The first-order valence-corrected chi connectivity index (χ1v) is 8.13. The molecule has 2 atom stereocenters. The molecule has 2 aliphatic rings. The third kappa shape index (κ3) is 2.52. The van der Waals surface area contributed by atoms with Gasteiger partial charge in [0.15, 0.2) is 0 Å². The molecule has 1 aromatic heterocycles. The summed E-state index contributed by atoms with van der Waals surface area (Å²) in [6.45, 7) is 5.68. The molecule has 0 saturated heterocycles. The van der Waals surface area contributed by atoms with Gasteiger partial charge < -0.3 is 5.32 Å². The molecule has 19 heavy (non-hydrogen) atoms. The van der Waals surface area contributed by atoms with Gasteiger partial charge >= 0.3 is 0 Å². The van der Waals surface area contributed by atoms with Gasteiger partial charge in [0.05, 0.1) is 11.7 Å². The van der Waals surface area contributed by atoms with Crippen LogP contribution in [0.1, 0.15) is 76.4 Å². The molecule has 1 aliphatic carbocycles. The first kappa shape index (κ1) is 13.0. The van der Waals surface area contributed by atoms with Gasteiger partial charge in [0, 0.05) is 18.5 Å². The summed E-state index contributed by atoms with van der Waals surface area (Å²) >= 11 is 0. The Morgan fingerprint density at radius 1 is 1.37 bits per heavy atom. The molecule has 3 heteroatoms. The van der Waals surface area contributed by atoms with E-state index in [0.29, 0.717) is 12.0 Å². The molecular formula is C16H27N3. The van der Waals surface area contributed by atoms with E-state index >= 15 is 0 Å². The summed E-state index contributed by atoms with van der Waals surface area (Å²) in [4.78, 5) is 0. The number of rotatable bonds is 4. The van der Waals surface area contributed by atoms with Crippen LogP contribution in [0.5, 0.6) is 0 Å². The first-order valence-electron chi connectivity index (χ1n) is 8.13. The van der Waals surface area contributed by atoms with E-state index in [-0.39, 0.29) is 0 Å². The Labute approximate surface area is 116 Å². The van der Waals surface area contributed by atoms with Crippen molar-refractivity contribution in [2.75, 3.05) is 11.9 Å². The van der Waals surface area contributed by atoms with Crippen LogP contribution in [0, 0.1) is 5.92 Å². The summed E-state index contributed by atoms with van der Waals surface area (Å²) < 4.78 is 2.32. The Hall–Kier alpha value is -0.990. The lowest BCUT2D eigenvalue weighted by Gasteiger charge is -2.30. The summed E-state index contributed by atoms with van der Waals surface area (Å²) in [7, 11) is 0. The molecule has 2 heterocycles. The van der Waals surface area contributed by atoms with E-state index in [9.17, 15) is 0 Å². The largest absolute Gasteiger partial charge is 0.370 e. The number of aromatic nitrogens is 2. The van der Waals surface area contributed by atoms with Gasteiger partial charge in [-0.1, -0.05) is 33.1 Å². The lowest BCUT2D eigenvalue weighted by atomic mass is 9.94. The molecule has 0 spiro atoms. The van der Waals surface area contributed by atoms with Gasteiger partial charge in [-0.3, -0.25) is 0 Å². The van der Waals surface area contributed by atoms with Crippen LogP contribution in [-0.2, 0) is 0 Å². The molecule has 0 amide bonds. The Morgan fingerprint density at radius 2 is 2.16 bits per heavy atom. The normalized spacial score (nSPS) is 25.1. The second-order valence-corrected chi connectivity index (χ2v) is 6.42. The van der Waals surface area contributed by atoms with Crippen LogP contribution in [0.15, 0.2) is 6.07 Å². The van der Waals surface area contributed by atoms with Crippen LogP contribution >= 0.6 is 0 Å². The molecule has 1 aliphatic heterocycles. The van der Waals surface area contributed by atoms with Crippen LogP contribution in [0.4, 0.5) is 5.82 Å². The first-order chi connectivity index (χ1) is 9.29. The van der Waals surface area contributed by atoms with E-state index in [2.05, 4.69) is 29.9 Å². The van der Waals surface area contributed by atoms with Crippen molar-refractivity contribution in [3.8, 4) is 0 Å². The minimum Gasteiger partial charge on any atom is -0.370 e. The molecule has 0 bridgehead atoms. The third-order valence-corrected chi connectivity index (χ3v) is 4.99. The fraction of sp³-hybridized carbons (Fsp3) is 0.812. The van der Waals surface area contributed by atoms with Crippen molar-refractivity contribution >= 4 is 5.82 Å². The molecule has 3 rings (SSSR count). The quantitative estimate of drug-likeness (QED) is 0.874. The van der Waals surface area contributed by atoms with Gasteiger partial charge in [0.2, 0.25) is 0 Å². The summed E-state index contributed by atoms with van der Waals surface area (Å²) in [6.07, 6.45) is 9.39. The topological polar surface area (TPSA) is 29.9 Å². The average Bonchev–Trinajstić information content (AvgIpc) is 3.07. The molecule has 0 radical (unpaired) electrons. The maximum Gasteiger partial charge on any atom is 0.124 e. The standard InChI is InChI=1S/C16H27N3/c1-3-6-12(2)14-11-16-17-10-9-15(19(16)18-14)13-7-4-5-8-13/h11-13,15,17H,3-10H2,1-2H3. The van der Waals surface area contributed by atoms with Crippen LogP contribution in [0.25, 0.3) is 0 Å². The van der Waals surface area contributed by atoms with Crippen molar-refractivity contribution in [2.24, 2.45) is 5.92 Å². The zero-order valence-corrected chi connectivity index (χ0v) is 12.4. The molecule has 0 aromatic carbocycles. The number of fused-ring (bicyclic) bond motifs is 1. The molecule has 106 valence electrons. The summed E-state index contributed by atoms with van der Waals surface area (Å²) in [5.74, 6) is 2.73. The molecule has 2 unspecified atom stereocenters. The van der Waals surface area contributed by atoms with Crippen LogP contribution in [0.2, 0.25) is 0 Å². The zero-order chi connectivity index (χ0) is 13.2. The highest BCUT2D eigenvalue weighted by atomic mass is 15.4. The van der Waals surface area contributed by atoms with Crippen molar-refractivity contribution in [1.29, 1.82) is 0 Å². The van der Waals surface area contributed by atoms with E-state index in [0.717, 1.165) is 12.5 Å². The fourth-order valence-corrected chi connectivity index (χ4v) is 3.87. The molecule has 1 fully saturated rings. The zero-order valence-electron chi connectivity index (χ0n) is 12.4. The Morgan fingerprint density at radius 3 is 2.89 bits per heavy atom. The maximum absolute atomic E-state index is 4.95. The van der Waals surface area contributed by atoms with Crippen LogP contribution in [-0.4, -0.2) is 16.3 Å². The number of hydrogen-bond acceptors (Lipinski definition) is 2. The highest BCUT2D eigenvalue weighted by molar-refractivity contribution is 5.40. The van der Waals surface area contributed by atoms with Gasteiger partial charge in [-0.25, -0.2) is 4.68 Å². The lowest BCUT2D eigenvalue weighted by Crippen LogP contribution is -2.28. The molecule has 1 aromatic rings. The van der Waals surface area contributed by atoms with Crippen molar-refractivity contribution in [2.45, 2.75) is 70.8 Å². The fourth-order valence-electron chi connectivity index (χ4n) is 3.87. The minimum absolute atomic E-state index is 0.592. The van der Waals surface area contributed by atoms with Gasteiger partial charge in [-0.2, -0.15) is 5.10 Å². The van der Waals surface area contributed by atoms with Gasteiger partial charge in [0.1, 0.15) is 5.82 Å². The summed E-state index contributed by atoms with van der Waals surface area (Å²) in [5, 5.41) is 8.48. The number of anilines is 1. The lowest BCUT2D eigenvalue weighted by molar-refractivity contribution is 0.288. The number of hydrogen-bond donors (Lipinski definition) is 1. The molecule has 1 saturated carbocycles. The van der Waals surface area contributed by atoms with Crippen molar-refractivity contribution in [1.82, 2.24) is 9.78 Å². The highest BCUT2D eigenvalue weighted by Crippen LogP contribution is 2.39. The average molecular weight is 261 g/mol. The maximum atomic E-state index is 4.95. The summed E-state index contributed by atoms with van der Waals surface area (Å²) in [6, 6.07) is 2.95. The number of nitrogens with zero attached hydrogens (tertiary/aromatic N) is 2. The second kappa shape index (κ2) is 5.56. The van der Waals surface area contributed by atoms with E-state index in [1.807, 2.05) is 0 Å². The van der Waals surface area contributed by atoms with Crippen molar-refractivity contribution in [3.63, 3.8) is 0 Å². The Kier molecular flexibility index (Phi) is 3.81. The third-order valence-electron chi connectivity index (χ3n) is 4.99. The van der Waals surface area contributed by atoms with Crippen molar-refractivity contribution < 1.29 is 0 Å². The molecule has 1 N–H and O–H groups in total. The second-order valence-electron chi connectivity index (χ2n) is 6.42. The monoisotopic (exact) mass is 261 g/mol. The Bertz CT molecular complexity index is 418. The van der Waals surface area contributed by atoms with E-state index in [1.54, 1.807) is 0 Å². The SMILES string of the molecule is CCCC(C)c1cc2n(n1)C(C1CCCC1)CCN2. The van der Waals surface area contributed by atoms with Gasteiger partial charge in [0.25, 0.3) is 0 Å². The highest BCUT2D eigenvalue weighted by Gasteiger charge is 2.31. The van der Waals surface area contributed by atoms with E-state index in [1.165, 1.54) is 56.5 Å². The Balaban J connectivity index is 1.82. The smallest absolute Gasteiger partial charge is 0.124 e. The summed E-state index contributed by atoms with van der Waals surface area (Å²) in [5.41, 5.74) is 1.29. The van der Waals surface area contributed by atoms with E-state index < -0.39 is 0 Å². The molecule has 3 nitrogen and oxygen atoms in total. The van der Waals surface area contributed by atoms with E-state index in [4.69, 9.17) is 5.10 Å². The minimum atomic E-state index is 0.592. The van der Waals surface area contributed by atoms with Crippen LogP contribution < -0.4 is 5.32 Å².